The summed E-state index contributed by atoms with van der Waals surface area (Å²) in [7, 11) is 2.01. The molecule has 1 aliphatic heterocycles. The van der Waals surface area contributed by atoms with Crippen LogP contribution in [0.2, 0.25) is 0 Å². The van der Waals surface area contributed by atoms with Crippen LogP contribution in [0, 0.1) is 0 Å². The van der Waals surface area contributed by atoms with E-state index in [-0.39, 0.29) is 5.60 Å². The van der Waals surface area contributed by atoms with Crippen LogP contribution in [0.3, 0.4) is 0 Å². The first-order valence-electron chi connectivity index (χ1n) is 8.59. The molecule has 0 amide bonds. The van der Waals surface area contributed by atoms with Gasteiger partial charge in [0.15, 0.2) is 0 Å². The van der Waals surface area contributed by atoms with Gasteiger partial charge in [-0.2, -0.15) is 5.10 Å². The van der Waals surface area contributed by atoms with Crippen molar-refractivity contribution in [3.63, 3.8) is 0 Å². The maximum Gasteiger partial charge on any atom is 0.0697 e. The van der Waals surface area contributed by atoms with Gasteiger partial charge in [-0.05, 0) is 32.1 Å². The quantitative estimate of drug-likeness (QED) is 0.927. The van der Waals surface area contributed by atoms with Crippen molar-refractivity contribution in [2.45, 2.75) is 76.5 Å². The Morgan fingerprint density at radius 2 is 2.19 bits per heavy atom. The molecule has 1 saturated carbocycles. The van der Waals surface area contributed by atoms with Crippen LogP contribution in [0.25, 0.3) is 0 Å². The Morgan fingerprint density at radius 3 is 2.95 bits per heavy atom. The maximum atomic E-state index is 6.18. The summed E-state index contributed by atoms with van der Waals surface area (Å²) in [4.78, 5) is 0. The summed E-state index contributed by atoms with van der Waals surface area (Å²) in [6.07, 6.45) is 12.1. The molecule has 118 valence electrons. The largest absolute Gasteiger partial charge is 0.375 e. The zero-order valence-electron chi connectivity index (χ0n) is 13.5. The van der Waals surface area contributed by atoms with E-state index >= 15 is 0 Å². The van der Waals surface area contributed by atoms with Gasteiger partial charge in [0.1, 0.15) is 0 Å². The first-order chi connectivity index (χ1) is 10.2. The molecule has 4 nitrogen and oxygen atoms in total. The van der Waals surface area contributed by atoms with Gasteiger partial charge in [-0.3, -0.25) is 4.68 Å². The third-order valence-corrected chi connectivity index (χ3v) is 5.17. The van der Waals surface area contributed by atoms with Crippen molar-refractivity contribution in [1.82, 2.24) is 15.1 Å². The molecule has 0 aromatic carbocycles. The molecule has 3 rings (SSSR count). The molecule has 1 unspecified atom stereocenters. The lowest BCUT2D eigenvalue weighted by molar-refractivity contribution is -0.109. The molecule has 1 N–H and O–H groups in total. The topological polar surface area (TPSA) is 39.1 Å². The minimum atomic E-state index is 0.191. The normalized spacial score (nSPS) is 25.3. The number of nitrogens with zero attached hydrogens (tertiary/aromatic N) is 2. The van der Waals surface area contributed by atoms with Crippen molar-refractivity contribution in [3.8, 4) is 0 Å². The highest BCUT2D eigenvalue weighted by Crippen LogP contribution is 2.38. The van der Waals surface area contributed by atoms with Gasteiger partial charge in [0, 0.05) is 38.0 Å². The number of rotatable bonds is 4. The van der Waals surface area contributed by atoms with Gasteiger partial charge in [-0.25, -0.2) is 0 Å². The van der Waals surface area contributed by atoms with Crippen molar-refractivity contribution in [1.29, 1.82) is 0 Å². The number of ether oxygens (including phenoxy) is 1. The van der Waals surface area contributed by atoms with Crippen LogP contribution >= 0.6 is 0 Å². The van der Waals surface area contributed by atoms with E-state index in [1.165, 1.54) is 49.8 Å². The molecule has 1 aromatic rings. The number of nitrogens with one attached hydrogen (secondary N) is 1. The van der Waals surface area contributed by atoms with Crippen molar-refractivity contribution in [3.05, 3.63) is 17.5 Å². The Balaban J connectivity index is 1.57. The predicted octanol–water partition coefficient (Wildman–Crippen LogP) is 2.95. The SMILES string of the molecule is CCc1nn(C)cc1CNC1CCOC2(CCCCC2)C1. The van der Waals surface area contributed by atoms with Crippen LogP contribution in [0.1, 0.15) is 63.1 Å². The second kappa shape index (κ2) is 6.49. The molecule has 1 atom stereocenters. The molecule has 2 heterocycles. The number of hydrogen-bond acceptors (Lipinski definition) is 3. The molecule has 1 spiro atoms. The van der Waals surface area contributed by atoms with E-state index in [4.69, 9.17) is 4.74 Å². The monoisotopic (exact) mass is 291 g/mol. The molecule has 1 aromatic heterocycles. The predicted molar refractivity (Wildman–Crippen MR) is 84.2 cm³/mol. The molecular formula is C17H29N3O. The van der Waals surface area contributed by atoms with E-state index in [1.54, 1.807) is 0 Å². The molecule has 4 heteroatoms. The fraction of sp³-hybridized carbons (Fsp3) is 0.824. The van der Waals surface area contributed by atoms with Gasteiger partial charge in [-0.15, -0.1) is 0 Å². The summed E-state index contributed by atoms with van der Waals surface area (Å²) < 4.78 is 8.11. The van der Waals surface area contributed by atoms with E-state index in [1.807, 2.05) is 11.7 Å². The highest BCUT2D eigenvalue weighted by Gasteiger charge is 2.38. The van der Waals surface area contributed by atoms with Crippen molar-refractivity contribution in [2.24, 2.45) is 7.05 Å². The van der Waals surface area contributed by atoms with E-state index in [9.17, 15) is 0 Å². The Morgan fingerprint density at radius 1 is 1.38 bits per heavy atom. The smallest absolute Gasteiger partial charge is 0.0697 e. The van der Waals surface area contributed by atoms with Crippen LogP contribution in [0.4, 0.5) is 0 Å². The van der Waals surface area contributed by atoms with Crippen LogP contribution in [0.15, 0.2) is 6.20 Å². The summed E-state index contributed by atoms with van der Waals surface area (Å²) in [5, 5.41) is 8.29. The summed E-state index contributed by atoms with van der Waals surface area (Å²) >= 11 is 0. The minimum Gasteiger partial charge on any atom is -0.375 e. The second-order valence-corrected chi connectivity index (χ2v) is 6.79. The van der Waals surface area contributed by atoms with Crippen molar-refractivity contribution >= 4 is 0 Å². The second-order valence-electron chi connectivity index (χ2n) is 6.79. The summed E-state index contributed by atoms with van der Waals surface area (Å²) in [6.45, 7) is 4.04. The van der Waals surface area contributed by atoms with Crippen molar-refractivity contribution < 1.29 is 4.74 Å². The van der Waals surface area contributed by atoms with Crippen LogP contribution in [-0.4, -0.2) is 28.0 Å². The molecule has 0 radical (unpaired) electrons. The Hall–Kier alpha value is -0.870. The van der Waals surface area contributed by atoms with E-state index in [0.717, 1.165) is 26.0 Å². The summed E-state index contributed by atoms with van der Waals surface area (Å²) in [5.74, 6) is 0. The average molecular weight is 291 g/mol. The molecule has 2 fully saturated rings. The minimum absolute atomic E-state index is 0.191. The van der Waals surface area contributed by atoms with Crippen LogP contribution in [0.5, 0.6) is 0 Å². The molecule has 2 aliphatic rings. The third kappa shape index (κ3) is 3.49. The first-order valence-corrected chi connectivity index (χ1v) is 8.59. The van der Waals surface area contributed by atoms with Gasteiger partial charge < -0.3 is 10.1 Å². The van der Waals surface area contributed by atoms with Gasteiger partial charge >= 0.3 is 0 Å². The van der Waals surface area contributed by atoms with Gasteiger partial charge in [-0.1, -0.05) is 26.2 Å². The lowest BCUT2D eigenvalue weighted by atomic mass is 9.78. The number of hydrogen-bond donors (Lipinski definition) is 1. The maximum absolute atomic E-state index is 6.18. The zero-order valence-corrected chi connectivity index (χ0v) is 13.5. The van der Waals surface area contributed by atoms with Crippen molar-refractivity contribution in [2.75, 3.05) is 6.61 Å². The van der Waals surface area contributed by atoms with Gasteiger partial charge in [0.2, 0.25) is 0 Å². The fourth-order valence-corrected chi connectivity index (χ4v) is 4.03. The molecular weight excluding hydrogens is 262 g/mol. The molecule has 21 heavy (non-hydrogen) atoms. The van der Waals surface area contributed by atoms with E-state index in [2.05, 4.69) is 23.5 Å². The standard InChI is InChI=1S/C17H29N3O/c1-3-16-14(13-20(2)19-16)12-18-15-7-10-21-17(11-15)8-5-4-6-9-17/h13,15,18H,3-12H2,1-2H3. The fourth-order valence-electron chi connectivity index (χ4n) is 4.03. The van der Waals surface area contributed by atoms with Crippen LogP contribution < -0.4 is 5.32 Å². The molecule has 1 aliphatic carbocycles. The summed E-state index contributed by atoms with van der Waals surface area (Å²) in [6, 6.07) is 0.599. The lowest BCUT2D eigenvalue weighted by Gasteiger charge is -2.43. The van der Waals surface area contributed by atoms with Gasteiger partial charge in [0.05, 0.1) is 11.3 Å². The highest BCUT2D eigenvalue weighted by atomic mass is 16.5. The third-order valence-electron chi connectivity index (χ3n) is 5.17. The van der Waals surface area contributed by atoms with Gasteiger partial charge in [0.25, 0.3) is 0 Å². The Kier molecular flexibility index (Phi) is 4.65. The number of aryl methyl sites for hydroxylation is 2. The Bertz CT molecular complexity index is 457. The summed E-state index contributed by atoms with van der Waals surface area (Å²) in [5.41, 5.74) is 2.77. The van der Waals surface area contributed by atoms with E-state index < -0.39 is 0 Å². The zero-order chi connectivity index (χ0) is 14.7. The highest BCUT2D eigenvalue weighted by molar-refractivity contribution is 5.16. The average Bonchev–Trinajstić information content (AvgIpc) is 2.86. The Labute approximate surface area is 128 Å². The lowest BCUT2D eigenvalue weighted by Crippen LogP contribution is -2.47. The van der Waals surface area contributed by atoms with Crippen LogP contribution in [-0.2, 0) is 24.8 Å². The molecule has 0 bridgehead atoms. The van der Waals surface area contributed by atoms with E-state index in [0.29, 0.717) is 6.04 Å². The number of aromatic nitrogens is 2. The first kappa shape index (κ1) is 15.0. The molecule has 1 saturated heterocycles.